The lowest BCUT2D eigenvalue weighted by Crippen LogP contribution is -2.25. The van der Waals surface area contributed by atoms with Gasteiger partial charge in [0.05, 0.1) is 10.6 Å². The van der Waals surface area contributed by atoms with Gasteiger partial charge in [-0.25, -0.2) is 12.7 Å². The number of fused-ring (bicyclic) bond motifs is 3. The molecule has 0 radical (unpaired) electrons. The molecule has 0 spiro atoms. The standard InChI is InChI=1S/C14H17N3O4S/c1-17(2)22(20,21)11-7-10-12(15-14(18)13(10)16-19)9-6-4-3-5-8(9)11/h7,13H,3-6H2,1-2H3,(H,15,18). The Bertz CT molecular complexity index is 771. The summed E-state index contributed by atoms with van der Waals surface area (Å²) in [5.41, 5.74) is 2.55. The molecule has 1 unspecified atom stereocenters. The zero-order chi connectivity index (χ0) is 16.1. The number of nitrogens with zero attached hydrogens (tertiary/aromatic N) is 2. The first-order chi connectivity index (χ1) is 10.4. The topological polar surface area (TPSA) is 95.9 Å². The fourth-order valence-corrected chi connectivity index (χ4v) is 4.36. The van der Waals surface area contributed by atoms with Crippen molar-refractivity contribution >= 4 is 21.6 Å². The third kappa shape index (κ3) is 2.05. The van der Waals surface area contributed by atoms with Crippen molar-refractivity contribution in [2.24, 2.45) is 5.18 Å². The smallest absolute Gasteiger partial charge is 0.257 e. The molecular weight excluding hydrogens is 306 g/mol. The molecule has 0 aromatic heterocycles. The summed E-state index contributed by atoms with van der Waals surface area (Å²) in [5, 5.41) is 5.55. The number of nitrogens with one attached hydrogen (secondary N) is 1. The quantitative estimate of drug-likeness (QED) is 0.854. The minimum absolute atomic E-state index is 0.191. The predicted molar refractivity (Wildman–Crippen MR) is 81.1 cm³/mol. The normalized spacial score (nSPS) is 20.5. The highest BCUT2D eigenvalue weighted by molar-refractivity contribution is 7.89. The molecule has 22 heavy (non-hydrogen) atoms. The Labute approximate surface area is 128 Å². The maximum atomic E-state index is 12.6. The van der Waals surface area contributed by atoms with Crippen LogP contribution in [0, 0.1) is 4.91 Å². The van der Waals surface area contributed by atoms with Gasteiger partial charge in [-0.05, 0) is 42.9 Å². The average molecular weight is 323 g/mol. The van der Waals surface area contributed by atoms with Crippen molar-refractivity contribution < 1.29 is 13.2 Å². The fourth-order valence-electron chi connectivity index (χ4n) is 3.16. The van der Waals surface area contributed by atoms with Crippen LogP contribution in [-0.2, 0) is 27.7 Å². The third-order valence-electron chi connectivity index (χ3n) is 4.30. The monoisotopic (exact) mass is 323 g/mol. The van der Waals surface area contributed by atoms with Crippen LogP contribution < -0.4 is 5.32 Å². The second kappa shape index (κ2) is 5.13. The highest BCUT2D eigenvalue weighted by atomic mass is 32.2. The fraction of sp³-hybridized carbons (Fsp3) is 0.500. The van der Waals surface area contributed by atoms with Crippen molar-refractivity contribution in [3.63, 3.8) is 0 Å². The van der Waals surface area contributed by atoms with E-state index in [0.29, 0.717) is 24.1 Å². The highest BCUT2D eigenvalue weighted by Crippen LogP contribution is 2.43. The molecule has 8 heteroatoms. The first-order valence-corrected chi connectivity index (χ1v) is 8.56. The van der Waals surface area contributed by atoms with E-state index in [1.807, 2.05) is 0 Å². The number of sulfonamides is 1. The van der Waals surface area contributed by atoms with Crippen LogP contribution in [0.5, 0.6) is 0 Å². The molecule has 1 aliphatic carbocycles. The Kier molecular flexibility index (Phi) is 3.53. The van der Waals surface area contributed by atoms with Gasteiger partial charge in [0.1, 0.15) is 0 Å². The summed E-state index contributed by atoms with van der Waals surface area (Å²) in [6.07, 6.45) is 3.19. The van der Waals surface area contributed by atoms with Gasteiger partial charge in [0.15, 0.2) is 6.04 Å². The summed E-state index contributed by atoms with van der Waals surface area (Å²) in [6.45, 7) is 0. The van der Waals surface area contributed by atoms with Gasteiger partial charge in [-0.15, -0.1) is 4.91 Å². The number of benzene rings is 1. The second-order valence-electron chi connectivity index (χ2n) is 5.79. The van der Waals surface area contributed by atoms with E-state index in [1.165, 1.54) is 20.2 Å². The van der Waals surface area contributed by atoms with Gasteiger partial charge in [0.2, 0.25) is 10.0 Å². The van der Waals surface area contributed by atoms with Gasteiger partial charge in [-0.2, -0.15) is 0 Å². The summed E-state index contributed by atoms with van der Waals surface area (Å²) < 4.78 is 26.3. The molecule has 7 nitrogen and oxygen atoms in total. The molecule has 1 heterocycles. The van der Waals surface area contributed by atoms with Gasteiger partial charge >= 0.3 is 0 Å². The SMILES string of the molecule is CN(C)S(=O)(=O)c1cc2c(c3c1CCCC3)NC(=O)C2N=O. The van der Waals surface area contributed by atoms with Gasteiger partial charge in [0, 0.05) is 19.7 Å². The summed E-state index contributed by atoms with van der Waals surface area (Å²) in [7, 11) is -0.701. The van der Waals surface area contributed by atoms with E-state index >= 15 is 0 Å². The number of hydrogen-bond donors (Lipinski definition) is 1. The van der Waals surface area contributed by atoms with Gasteiger partial charge < -0.3 is 5.32 Å². The zero-order valence-electron chi connectivity index (χ0n) is 12.4. The molecule has 1 aliphatic heterocycles. The van der Waals surface area contributed by atoms with Crippen molar-refractivity contribution in [1.29, 1.82) is 0 Å². The highest BCUT2D eigenvalue weighted by Gasteiger charge is 2.38. The lowest BCUT2D eigenvalue weighted by Gasteiger charge is -2.24. The Balaban J connectivity index is 2.32. The van der Waals surface area contributed by atoms with Crippen molar-refractivity contribution in [1.82, 2.24) is 4.31 Å². The van der Waals surface area contributed by atoms with E-state index in [-0.39, 0.29) is 4.90 Å². The van der Waals surface area contributed by atoms with E-state index in [0.717, 1.165) is 28.3 Å². The number of hydrogen-bond acceptors (Lipinski definition) is 5. The number of nitroso groups, excluding NO2 is 1. The molecule has 118 valence electrons. The van der Waals surface area contributed by atoms with Gasteiger partial charge in [-0.3, -0.25) is 4.79 Å². The van der Waals surface area contributed by atoms with E-state index in [4.69, 9.17) is 0 Å². The predicted octanol–water partition coefficient (Wildman–Crippen LogP) is 1.58. The third-order valence-corrected chi connectivity index (χ3v) is 6.18. The molecule has 1 N–H and O–H groups in total. The zero-order valence-corrected chi connectivity index (χ0v) is 13.2. The Morgan fingerprint density at radius 1 is 1.23 bits per heavy atom. The largest absolute Gasteiger partial charge is 0.323 e. The summed E-state index contributed by atoms with van der Waals surface area (Å²) in [4.78, 5) is 23.0. The molecule has 0 bridgehead atoms. The molecule has 0 fully saturated rings. The number of carbonyl (C=O) groups excluding carboxylic acids is 1. The molecule has 1 aromatic carbocycles. The maximum Gasteiger partial charge on any atom is 0.257 e. The number of carbonyl (C=O) groups is 1. The van der Waals surface area contributed by atoms with Crippen LogP contribution in [-0.4, -0.2) is 32.7 Å². The van der Waals surface area contributed by atoms with Crippen molar-refractivity contribution in [2.45, 2.75) is 36.6 Å². The second-order valence-corrected chi connectivity index (χ2v) is 7.91. The van der Waals surface area contributed by atoms with Crippen LogP contribution in [0.2, 0.25) is 0 Å². The Hall–Kier alpha value is -1.80. The maximum absolute atomic E-state index is 12.6. The van der Waals surface area contributed by atoms with E-state index in [9.17, 15) is 18.1 Å². The minimum Gasteiger partial charge on any atom is -0.323 e. The Morgan fingerprint density at radius 2 is 1.86 bits per heavy atom. The van der Waals surface area contributed by atoms with Crippen LogP contribution in [0.25, 0.3) is 0 Å². The number of amides is 1. The van der Waals surface area contributed by atoms with Gasteiger partial charge in [0.25, 0.3) is 5.91 Å². The van der Waals surface area contributed by atoms with Crippen LogP contribution in [0.4, 0.5) is 5.69 Å². The van der Waals surface area contributed by atoms with Crippen LogP contribution in [0.1, 0.15) is 35.6 Å². The number of rotatable bonds is 3. The number of anilines is 1. The molecule has 1 atom stereocenters. The lowest BCUT2D eigenvalue weighted by atomic mass is 9.88. The molecule has 0 saturated heterocycles. The minimum atomic E-state index is -3.64. The van der Waals surface area contributed by atoms with E-state index < -0.39 is 22.0 Å². The van der Waals surface area contributed by atoms with Crippen molar-refractivity contribution in [2.75, 3.05) is 19.4 Å². The summed E-state index contributed by atoms with van der Waals surface area (Å²) in [5.74, 6) is -0.489. The van der Waals surface area contributed by atoms with E-state index in [2.05, 4.69) is 10.5 Å². The molecule has 1 amide bonds. The van der Waals surface area contributed by atoms with Crippen molar-refractivity contribution in [3.8, 4) is 0 Å². The van der Waals surface area contributed by atoms with Crippen LogP contribution in [0.15, 0.2) is 16.1 Å². The molecule has 2 aliphatic rings. The first kappa shape index (κ1) is 15.1. The van der Waals surface area contributed by atoms with E-state index in [1.54, 1.807) is 0 Å². The average Bonchev–Trinajstić information content (AvgIpc) is 2.81. The van der Waals surface area contributed by atoms with Crippen LogP contribution in [0.3, 0.4) is 0 Å². The molecular formula is C14H17N3O4S. The lowest BCUT2D eigenvalue weighted by molar-refractivity contribution is -0.116. The molecule has 3 rings (SSSR count). The molecule has 0 saturated carbocycles. The van der Waals surface area contributed by atoms with Gasteiger partial charge in [-0.1, -0.05) is 5.18 Å². The summed E-state index contributed by atoms with van der Waals surface area (Å²) in [6, 6.07) is 0.275. The first-order valence-electron chi connectivity index (χ1n) is 7.12. The van der Waals surface area contributed by atoms with Crippen LogP contribution >= 0.6 is 0 Å². The Morgan fingerprint density at radius 3 is 2.45 bits per heavy atom. The molecule has 1 aromatic rings. The van der Waals surface area contributed by atoms with Crippen molar-refractivity contribution in [3.05, 3.63) is 27.7 Å². The summed E-state index contributed by atoms with van der Waals surface area (Å²) >= 11 is 0.